The van der Waals surface area contributed by atoms with E-state index in [0.29, 0.717) is 18.7 Å². The molecule has 3 rings (SSSR count). The molecule has 9 nitrogen and oxygen atoms in total. The molecule has 2 aromatic rings. The number of likely N-dealkylation sites (tertiary alicyclic amines) is 1. The number of carbonyl (C=O) groups excluding carboxylic acids is 1. The average molecular weight is 419 g/mol. The summed E-state index contributed by atoms with van der Waals surface area (Å²) < 4.78 is 33.4. The molecule has 1 fully saturated rings. The third kappa shape index (κ3) is 4.32. The molecule has 154 valence electrons. The zero-order valence-corrected chi connectivity index (χ0v) is 16.9. The number of hydrogen-bond donors (Lipinski definition) is 1. The molecule has 0 atom stereocenters. The van der Waals surface area contributed by atoms with Crippen LogP contribution in [0.5, 0.6) is 5.75 Å². The molecule has 1 aliphatic rings. The maximum Gasteiger partial charge on any atom is 0.271 e. The molecule has 1 saturated heterocycles. The van der Waals surface area contributed by atoms with Crippen molar-refractivity contribution in [3.63, 3.8) is 0 Å². The van der Waals surface area contributed by atoms with Crippen LogP contribution in [0.15, 0.2) is 41.3 Å². The Bertz CT molecular complexity index is 1060. The summed E-state index contributed by atoms with van der Waals surface area (Å²) in [6, 6.07) is 7.95. The molecule has 0 spiro atoms. The Balaban J connectivity index is 1.97. The number of sulfonamides is 1. The van der Waals surface area contributed by atoms with Gasteiger partial charge in [0.2, 0.25) is 0 Å². The van der Waals surface area contributed by atoms with Crippen molar-refractivity contribution in [3.8, 4) is 5.75 Å². The molecule has 0 aliphatic carbocycles. The van der Waals surface area contributed by atoms with Gasteiger partial charge in [-0.05, 0) is 43.5 Å². The van der Waals surface area contributed by atoms with Crippen LogP contribution in [0.1, 0.15) is 28.8 Å². The van der Waals surface area contributed by atoms with Crippen LogP contribution in [0.25, 0.3) is 0 Å². The minimum absolute atomic E-state index is 0.0995. The second-order valence-electron chi connectivity index (χ2n) is 6.72. The van der Waals surface area contributed by atoms with Crippen molar-refractivity contribution in [3.05, 3.63) is 57.6 Å². The van der Waals surface area contributed by atoms with Gasteiger partial charge in [0.25, 0.3) is 21.6 Å². The second-order valence-corrected chi connectivity index (χ2v) is 8.41. The number of nitrogens with one attached hydrogen (secondary N) is 1. The predicted octanol–water partition coefficient (Wildman–Crippen LogP) is 2.95. The lowest BCUT2D eigenvalue weighted by Crippen LogP contribution is -2.28. The van der Waals surface area contributed by atoms with E-state index in [1.807, 2.05) is 0 Å². The molecule has 1 amide bonds. The van der Waals surface area contributed by atoms with Gasteiger partial charge in [-0.3, -0.25) is 19.6 Å². The lowest BCUT2D eigenvalue weighted by molar-refractivity contribution is -0.384. The van der Waals surface area contributed by atoms with Crippen LogP contribution < -0.4 is 9.46 Å². The van der Waals surface area contributed by atoms with Gasteiger partial charge in [-0.15, -0.1) is 0 Å². The van der Waals surface area contributed by atoms with Crippen LogP contribution in [-0.4, -0.2) is 44.3 Å². The van der Waals surface area contributed by atoms with Crippen LogP contribution in [-0.2, 0) is 10.0 Å². The molecule has 0 saturated carbocycles. The molecule has 2 aromatic carbocycles. The summed E-state index contributed by atoms with van der Waals surface area (Å²) in [5.41, 5.74) is 0.560. The van der Waals surface area contributed by atoms with E-state index in [9.17, 15) is 23.3 Å². The van der Waals surface area contributed by atoms with E-state index >= 15 is 0 Å². The predicted molar refractivity (Wildman–Crippen MR) is 107 cm³/mol. The van der Waals surface area contributed by atoms with Gasteiger partial charge >= 0.3 is 0 Å². The number of amides is 1. The Morgan fingerprint density at radius 3 is 2.48 bits per heavy atom. The van der Waals surface area contributed by atoms with Gasteiger partial charge < -0.3 is 9.64 Å². The summed E-state index contributed by atoms with van der Waals surface area (Å²) in [6.07, 6.45) is 1.80. The molecular formula is C19H21N3O6S. The number of benzene rings is 2. The Morgan fingerprint density at radius 1 is 1.17 bits per heavy atom. The molecule has 0 unspecified atom stereocenters. The van der Waals surface area contributed by atoms with E-state index in [1.54, 1.807) is 11.8 Å². The topological polar surface area (TPSA) is 119 Å². The zero-order chi connectivity index (χ0) is 21.2. The Morgan fingerprint density at radius 2 is 1.86 bits per heavy atom. The first kappa shape index (κ1) is 20.6. The van der Waals surface area contributed by atoms with Crippen LogP contribution in [0.4, 0.5) is 11.4 Å². The summed E-state index contributed by atoms with van der Waals surface area (Å²) in [6.45, 7) is 2.87. The number of nitrogens with zero attached hydrogens (tertiary/aromatic N) is 2. The maximum atomic E-state index is 12.9. The average Bonchev–Trinajstić information content (AvgIpc) is 3.23. The minimum Gasteiger partial charge on any atom is -0.496 e. The Labute approximate surface area is 168 Å². The highest BCUT2D eigenvalue weighted by atomic mass is 32.2. The lowest BCUT2D eigenvalue weighted by atomic mass is 10.1. The molecule has 1 aliphatic heterocycles. The molecule has 0 radical (unpaired) electrons. The van der Waals surface area contributed by atoms with Crippen molar-refractivity contribution in [2.45, 2.75) is 24.7 Å². The van der Waals surface area contributed by atoms with E-state index < -0.39 is 14.9 Å². The largest absolute Gasteiger partial charge is 0.496 e. The van der Waals surface area contributed by atoms with Crippen molar-refractivity contribution in [2.75, 3.05) is 24.9 Å². The van der Waals surface area contributed by atoms with Gasteiger partial charge in [-0.25, -0.2) is 8.42 Å². The number of nitro groups is 1. The monoisotopic (exact) mass is 419 g/mol. The van der Waals surface area contributed by atoms with Crippen LogP contribution in [0.2, 0.25) is 0 Å². The van der Waals surface area contributed by atoms with E-state index in [-0.39, 0.29) is 33.5 Å². The highest BCUT2D eigenvalue weighted by Gasteiger charge is 2.25. The molecule has 1 heterocycles. The second kappa shape index (κ2) is 8.08. The lowest BCUT2D eigenvalue weighted by Gasteiger charge is -2.18. The van der Waals surface area contributed by atoms with Crippen LogP contribution in [0, 0.1) is 17.0 Å². The van der Waals surface area contributed by atoms with Gasteiger partial charge in [0, 0.05) is 25.2 Å². The fraction of sp³-hybridized carbons (Fsp3) is 0.316. The molecular weight excluding hydrogens is 398 g/mol. The van der Waals surface area contributed by atoms with Crippen LogP contribution in [0.3, 0.4) is 0 Å². The Hall–Kier alpha value is -3.14. The number of ether oxygens (including phenoxy) is 1. The van der Waals surface area contributed by atoms with Gasteiger partial charge in [0.1, 0.15) is 5.75 Å². The number of nitro benzene ring substituents is 1. The minimum atomic E-state index is -4.08. The van der Waals surface area contributed by atoms with E-state index in [0.717, 1.165) is 18.9 Å². The summed E-state index contributed by atoms with van der Waals surface area (Å²) in [7, 11) is -2.67. The molecule has 1 N–H and O–H groups in total. The fourth-order valence-electron chi connectivity index (χ4n) is 3.15. The van der Waals surface area contributed by atoms with E-state index in [4.69, 9.17) is 4.74 Å². The van der Waals surface area contributed by atoms with Crippen molar-refractivity contribution in [1.29, 1.82) is 0 Å². The standard InChI is InChI=1S/C19H21N3O6S/c1-13-5-6-14(22(24)25)11-17(13)20-29(26,27)15-7-8-18(28-2)16(12-15)19(23)21-9-3-4-10-21/h5-8,11-12,20H,3-4,9-10H2,1-2H3. The number of methoxy groups -OCH3 is 1. The summed E-state index contributed by atoms with van der Waals surface area (Å²) in [5, 5.41) is 11.0. The number of hydrogen-bond acceptors (Lipinski definition) is 6. The highest BCUT2D eigenvalue weighted by Crippen LogP contribution is 2.28. The number of aryl methyl sites for hydroxylation is 1. The summed E-state index contributed by atoms with van der Waals surface area (Å²) >= 11 is 0. The Kier molecular flexibility index (Phi) is 5.73. The molecule has 29 heavy (non-hydrogen) atoms. The first-order valence-electron chi connectivity index (χ1n) is 8.98. The smallest absolute Gasteiger partial charge is 0.271 e. The molecule has 0 aromatic heterocycles. The van der Waals surface area contributed by atoms with Gasteiger partial charge in [-0.1, -0.05) is 6.07 Å². The highest BCUT2D eigenvalue weighted by molar-refractivity contribution is 7.92. The number of carbonyl (C=O) groups is 1. The SMILES string of the molecule is COc1ccc(S(=O)(=O)Nc2cc([N+](=O)[O-])ccc2C)cc1C(=O)N1CCCC1. The van der Waals surface area contributed by atoms with E-state index in [2.05, 4.69) is 4.72 Å². The summed E-state index contributed by atoms with van der Waals surface area (Å²) in [5.74, 6) is -0.00434. The zero-order valence-electron chi connectivity index (χ0n) is 16.0. The third-order valence-electron chi connectivity index (χ3n) is 4.78. The first-order valence-corrected chi connectivity index (χ1v) is 10.5. The van der Waals surface area contributed by atoms with Gasteiger partial charge in [0.05, 0.1) is 28.2 Å². The van der Waals surface area contributed by atoms with Crippen molar-refractivity contribution in [1.82, 2.24) is 4.90 Å². The third-order valence-corrected chi connectivity index (χ3v) is 6.14. The summed E-state index contributed by atoms with van der Waals surface area (Å²) in [4.78, 5) is 24.7. The molecule has 0 bridgehead atoms. The van der Waals surface area contributed by atoms with Crippen molar-refractivity contribution in [2.24, 2.45) is 0 Å². The van der Waals surface area contributed by atoms with Crippen molar-refractivity contribution < 1.29 is 22.9 Å². The van der Waals surface area contributed by atoms with Gasteiger partial charge in [0.15, 0.2) is 0 Å². The van der Waals surface area contributed by atoms with Gasteiger partial charge in [-0.2, -0.15) is 0 Å². The molecule has 10 heteroatoms. The number of anilines is 1. The van der Waals surface area contributed by atoms with E-state index in [1.165, 1.54) is 37.4 Å². The van der Waals surface area contributed by atoms with Crippen molar-refractivity contribution >= 4 is 27.3 Å². The first-order chi connectivity index (χ1) is 13.7. The maximum absolute atomic E-state index is 12.9. The number of rotatable bonds is 6. The quantitative estimate of drug-likeness (QED) is 0.568. The van der Waals surface area contributed by atoms with Crippen LogP contribution >= 0.6 is 0 Å². The number of non-ortho nitro benzene ring substituents is 1. The fourth-order valence-corrected chi connectivity index (χ4v) is 4.30. The normalized spacial score (nSPS) is 13.9.